The second-order valence-corrected chi connectivity index (χ2v) is 4.67. The summed E-state index contributed by atoms with van der Waals surface area (Å²) < 4.78 is 37.2. The molecule has 1 fully saturated rings. The lowest BCUT2D eigenvalue weighted by atomic mass is 10.0. The summed E-state index contributed by atoms with van der Waals surface area (Å²) in [6, 6.07) is 0.513. The molecule has 0 aromatic heterocycles. The van der Waals surface area contributed by atoms with Crippen LogP contribution in [-0.2, 0) is 4.79 Å². The Labute approximate surface area is 98.3 Å². The molecule has 0 heterocycles. The molecule has 0 radical (unpaired) electrons. The van der Waals surface area contributed by atoms with Crippen LogP contribution in [0.3, 0.4) is 0 Å². The number of alkyl halides is 3. The Morgan fingerprint density at radius 2 is 2.00 bits per heavy atom. The molecule has 3 N–H and O–H groups in total. The van der Waals surface area contributed by atoms with Gasteiger partial charge >= 0.3 is 6.18 Å². The molecule has 100 valence electrons. The number of likely N-dealkylation sites (N-methyl/N-ethyl adjacent to an activating group) is 1. The van der Waals surface area contributed by atoms with Crippen LogP contribution in [0.5, 0.6) is 0 Å². The lowest BCUT2D eigenvalue weighted by Gasteiger charge is -2.26. The maximum absolute atomic E-state index is 12.4. The third-order valence-corrected chi connectivity index (χ3v) is 2.98. The van der Waals surface area contributed by atoms with Crippen LogP contribution >= 0.6 is 0 Å². The van der Waals surface area contributed by atoms with E-state index in [1.807, 2.05) is 11.9 Å². The van der Waals surface area contributed by atoms with Crippen molar-refractivity contribution in [1.82, 2.24) is 10.2 Å². The van der Waals surface area contributed by atoms with Crippen molar-refractivity contribution < 1.29 is 18.0 Å². The molecule has 0 spiro atoms. The standard InChI is InChI=1S/C10H18F3N3O/c1-9(14,10(11,12)13)8(17)15-5-6-16(2)7-3-4-7/h7H,3-6,14H2,1-2H3,(H,15,17). The summed E-state index contributed by atoms with van der Waals surface area (Å²) >= 11 is 0. The van der Waals surface area contributed by atoms with Crippen LogP contribution in [0.25, 0.3) is 0 Å². The van der Waals surface area contributed by atoms with Gasteiger partial charge < -0.3 is 16.0 Å². The Morgan fingerprint density at radius 3 is 2.41 bits per heavy atom. The SMILES string of the molecule is CN(CCNC(=O)C(C)(N)C(F)(F)F)C1CC1. The fraction of sp³-hybridized carbons (Fsp3) is 0.900. The van der Waals surface area contributed by atoms with Crippen molar-refractivity contribution in [2.75, 3.05) is 20.1 Å². The van der Waals surface area contributed by atoms with Crippen LogP contribution in [0, 0.1) is 0 Å². The Hall–Kier alpha value is -0.820. The Balaban J connectivity index is 2.33. The first-order chi connectivity index (χ1) is 7.66. The minimum absolute atomic E-state index is 0.175. The maximum atomic E-state index is 12.4. The molecule has 1 atom stereocenters. The van der Waals surface area contributed by atoms with Crippen LogP contribution in [0.15, 0.2) is 0 Å². The molecule has 1 rings (SSSR count). The van der Waals surface area contributed by atoms with Gasteiger partial charge in [-0.05, 0) is 26.8 Å². The van der Waals surface area contributed by atoms with E-state index in [1.165, 1.54) is 0 Å². The van der Waals surface area contributed by atoms with E-state index in [1.54, 1.807) is 0 Å². The van der Waals surface area contributed by atoms with E-state index in [9.17, 15) is 18.0 Å². The van der Waals surface area contributed by atoms with E-state index in [0.717, 1.165) is 12.8 Å². The highest BCUT2D eigenvalue weighted by molar-refractivity contribution is 5.86. The van der Waals surface area contributed by atoms with Gasteiger partial charge in [-0.2, -0.15) is 13.2 Å². The first-order valence-electron chi connectivity index (χ1n) is 5.50. The molecule has 0 saturated heterocycles. The zero-order valence-electron chi connectivity index (χ0n) is 9.97. The molecule has 4 nitrogen and oxygen atoms in total. The van der Waals surface area contributed by atoms with Crippen LogP contribution in [0.4, 0.5) is 13.2 Å². The minimum Gasteiger partial charge on any atom is -0.353 e. The van der Waals surface area contributed by atoms with Gasteiger partial charge in [0, 0.05) is 19.1 Å². The molecular weight excluding hydrogens is 235 g/mol. The minimum atomic E-state index is -4.74. The molecule has 1 unspecified atom stereocenters. The van der Waals surface area contributed by atoms with E-state index in [-0.39, 0.29) is 6.54 Å². The zero-order chi connectivity index (χ0) is 13.3. The number of nitrogens with zero attached hydrogens (tertiary/aromatic N) is 1. The second kappa shape index (κ2) is 4.81. The number of carbonyl (C=O) groups is 1. The summed E-state index contributed by atoms with van der Waals surface area (Å²) in [4.78, 5) is 13.3. The van der Waals surface area contributed by atoms with Crippen molar-refractivity contribution in [3.63, 3.8) is 0 Å². The number of hydrogen-bond donors (Lipinski definition) is 2. The first kappa shape index (κ1) is 14.2. The van der Waals surface area contributed by atoms with E-state index in [4.69, 9.17) is 5.73 Å². The number of halogens is 3. The summed E-state index contributed by atoms with van der Waals surface area (Å²) in [6.45, 7) is 1.38. The maximum Gasteiger partial charge on any atom is 0.415 e. The van der Waals surface area contributed by atoms with Crippen molar-refractivity contribution in [3.05, 3.63) is 0 Å². The third-order valence-electron chi connectivity index (χ3n) is 2.98. The van der Waals surface area contributed by atoms with Crippen LogP contribution in [0.1, 0.15) is 19.8 Å². The van der Waals surface area contributed by atoms with E-state index in [2.05, 4.69) is 5.32 Å². The topological polar surface area (TPSA) is 58.4 Å². The zero-order valence-corrected chi connectivity index (χ0v) is 9.97. The van der Waals surface area contributed by atoms with Gasteiger partial charge in [-0.15, -0.1) is 0 Å². The molecule has 0 aliphatic heterocycles. The Bertz CT molecular complexity index is 287. The molecule has 1 aliphatic rings. The molecule has 1 saturated carbocycles. The molecule has 17 heavy (non-hydrogen) atoms. The van der Waals surface area contributed by atoms with Gasteiger partial charge in [0.2, 0.25) is 5.91 Å². The highest BCUT2D eigenvalue weighted by atomic mass is 19.4. The smallest absolute Gasteiger partial charge is 0.353 e. The molecule has 0 aromatic rings. The fourth-order valence-electron chi connectivity index (χ4n) is 1.36. The van der Waals surface area contributed by atoms with Gasteiger partial charge in [0.15, 0.2) is 5.54 Å². The Kier molecular flexibility index (Phi) is 4.03. The van der Waals surface area contributed by atoms with Crippen LogP contribution in [0.2, 0.25) is 0 Å². The van der Waals surface area contributed by atoms with E-state index >= 15 is 0 Å². The van der Waals surface area contributed by atoms with Crippen molar-refractivity contribution in [2.24, 2.45) is 5.73 Å². The monoisotopic (exact) mass is 253 g/mol. The average molecular weight is 253 g/mol. The van der Waals surface area contributed by atoms with Crippen molar-refractivity contribution in [2.45, 2.75) is 37.5 Å². The predicted molar refractivity (Wildman–Crippen MR) is 57.3 cm³/mol. The number of nitrogens with one attached hydrogen (secondary N) is 1. The summed E-state index contributed by atoms with van der Waals surface area (Å²) in [5.41, 5.74) is 2.15. The quantitative estimate of drug-likeness (QED) is 0.749. The van der Waals surface area contributed by atoms with Gasteiger partial charge in [0.25, 0.3) is 0 Å². The normalized spacial score (nSPS) is 20.2. The van der Waals surface area contributed by atoms with Crippen molar-refractivity contribution in [1.29, 1.82) is 0 Å². The fourth-order valence-corrected chi connectivity index (χ4v) is 1.36. The predicted octanol–water partition coefficient (Wildman–Crippen LogP) is 0.476. The lowest BCUT2D eigenvalue weighted by Crippen LogP contribution is -2.61. The molecule has 1 amide bonds. The number of nitrogens with two attached hydrogens (primary N) is 1. The van der Waals surface area contributed by atoms with Gasteiger partial charge in [-0.1, -0.05) is 0 Å². The van der Waals surface area contributed by atoms with Gasteiger partial charge in [-0.3, -0.25) is 4.79 Å². The molecule has 7 heteroatoms. The largest absolute Gasteiger partial charge is 0.415 e. The van der Waals surface area contributed by atoms with Crippen LogP contribution in [-0.4, -0.2) is 48.7 Å². The third kappa shape index (κ3) is 3.57. The van der Waals surface area contributed by atoms with Gasteiger partial charge in [0.1, 0.15) is 0 Å². The molecule has 0 bridgehead atoms. The molecular formula is C10H18F3N3O. The highest BCUT2D eigenvalue weighted by Crippen LogP contribution is 2.28. The van der Waals surface area contributed by atoms with Gasteiger partial charge in [0.05, 0.1) is 0 Å². The first-order valence-corrected chi connectivity index (χ1v) is 5.50. The summed E-state index contributed by atoms with van der Waals surface area (Å²) in [5, 5.41) is 2.22. The van der Waals surface area contributed by atoms with Crippen molar-refractivity contribution >= 4 is 5.91 Å². The summed E-state index contributed by atoms with van der Waals surface area (Å²) in [6.07, 6.45) is -2.51. The molecule has 0 aromatic carbocycles. The Morgan fingerprint density at radius 1 is 1.47 bits per heavy atom. The van der Waals surface area contributed by atoms with E-state index < -0.39 is 17.6 Å². The van der Waals surface area contributed by atoms with Crippen LogP contribution < -0.4 is 11.1 Å². The van der Waals surface area contributed by atoms with E-state index in [0.29, 0.717) is 19.5 Å². The highest BCUT2D eigenvalue weighted by Gasteiger charge is 2.53. The number of carbonyl (C=O) groups excluding carboxylic acids is 1. The lowest BCUT2D eigenvalue weighted by molar-refractivity contribution is -0.187. The number of amides is 1. The number of hydrogen-bond acceptors (Lipinski definition) is 3. The summed E-state index contributed by atoms with van der Waals surface area (Å²) in [5.74, 6) is -1.19. The van der Waals surface area contributed by atoms with Crippen molar-refractivity contribution in [3.8, 4) is 0 Å². The van der Waals surface area contributed by atoms with Gasteiger partial charge in [-0.25, -0.2) is 0 Å². The second-order valence-electron chi connectivity index (χ2n) is 4.67. The summed E-state index contributed by atoms with van der Waals surface area (Å²) in [7, 11) is 1.88. The molecule has 1 aliphatic carbocycles. The number of rotatable bonds is 5. The average Bonchev–Trinajstić information content (AvgIpc) is 2.98.